The van der Waals surface area contributed by atoms with Crippen molar-refractivity contribution in [2.45, 2.75) is 51.5 Å². The lowest BCUT2D eigenvalue weighted by molar-refractivity contribution is -0.139. The molecule has 9 nitrogen and oxygen atoms in total. The number of fused-ring (bicyclic) bond motifs is 1. The largest absolute Gasteiger partial charge is 0.480 e. The van der Waals surface area contributed by atoms with Crippen LogP contribution in [-0.2, 0) is 27.2 Å². The Labute approximate surface area is 176 Å². The van der Waals surface area contributed by atoms with E-state index in [9.17, 15) is 19.5 Å². The van der Waals surface area contributed by atoms with Crippen molar-refractivity contribution in [2.75, 3.05) is 25.0 Å². The first-order valence-corrected chi connectivity index (χ1v) is 10.6. The first-order valence-electron chi connectivity index (χ1n) is 10.6. The number of carbonyl (C=O) groups is 3. The molecular weight excluding hydrogens is 388 g/mol. The van der Waals surface area contributed by atoms with Gasteiger partial charge in [0, 0.05) is 24.7 Å². The predicted octanol–water partition coefficient (Wildman–Crippen LogP) is 1.71. The Morgan fingerprint density at radius 3 is 2.87 bits per heavy atom. The number of hydrogen-bond acceptors (Lipinski definition) is 6. The number of hydrogen-bond donors (Lipinski definition) is 4. The minimum absolute atomic E-state index is 0.132. The highest BCUT2D eigenvalue weighted by atomic mass is 16.5. The van der Waals surface area contributed by atoms with E-state index in [-0.39, 0.29) is 25.0 Å². The van der Waals surface area contributed by atoms with E-state index in [0.29, 0.717) is 12.3 Å². The molecule has 1 atom stereocenters. The van der Waals surface area contributed by atoms with Gasteiger partial charge in [-0.2, -0.15) is 0 Å². The standard InChI is InChI=1S/C21H30N4O5/c1-2-8-30-21(29)25-17(20(27)28)12-23-19(26)15-9-13(10-15)11-16-6-5-14-4-3-7-22-18(14)24-16/h5-6,13,15,17H,2-4,7-12H2,1H3,(H,22,24)(H,23,26)(H,25,29)(H,27,28)/t13-,15-,17-/m0/s1. The maximum atomic E-state index is 12.3. The third kappa shape index (κ3) is 5.84. The fraction of sp³-hybridized carbons (Fsp3) is 0.619. The Balaban J connectivity index is 1.40. The van der Waals surface area contributed by atoms with Gasteiger partial charge in [-0.15, -0.1) is 0 Å². The zero-order chi connectivity index (χ0) is 21.5. The molecule has 0 aromatic carbocycles. The molecule has 1 aliphatic carbocycles. The van der Waals surface area contributed by atoms with Crippen molar-refractivity contribution in [2.24, 2.45) is 11.8 Å². The van der Waals surface area contributed by atoms with Gasteiger partial charge in [0.15, 0.2) is 0 Å². The van der Waals surface area contributed by atoms with E-state index in [2.05, 4.69) is 28.1 Å². The van der Waals surface area contributed by atoms with Gasteiger partial charge in [0.2, 0.25) is 5.91 Å². The molecule has 4 N–H and O–H groups in total. The summed E-state index contributed by atoms with van der Waals surface area (Å²) in [7, 11) is 0. The minimum Gasteiger partial charge on any atom is -0.480 e. The molecule has 1 aliphatic heterocycles. The fourth-order valence-electron chi connectivity index (χ4n) is 3.82. The van der Waals surface area contributed by atoms with Crippen LogP contribution in [0.4, 0.5) is 10.6 Å². The summed E-state index contributed by atoms with van der Waals surface area (Å²) in [5.41, 5.74) is 2.30. The van der Waals surface area contributed by atoms with Gasteiger partial charge in [-0.05, 0) is 56.1 Å². The average molecular weight is 418 g/mol. The van der Waals surface area contributed by atoms with Crippen LogP contribution < -0.4 is 16.0 Å². The molecule has 9 heteroatoms. The Morgan fingerprint density at radius 2 is 2.13 bits per heavy atom. The van der Waals surface area contributed by atoms with Crippen LogP contribution in [-0.4, -0.2) is 53.8 Å². The summed E-state index contributed by atoms with van der Waals surface area (Å²) in [4.78, 5) is 39.9. The third-order valence-electron chi connectivity index (χ3n) is 5.56. The maximum absolute atomic E-state index is 12.3. The van der Waals surface area contributed by atoms with E-state index < -0.39 is 18.1 Å². The van der Waals surface area contributed by atoms with Crippen molar-refractivity contribution in [1.29, 1.82) is 0 Å². The van der Waals surface area contributed by atoms with Crippen molar-refractivity contribution >= 4 is 23.8 Å². The van der Waals surface area contributed by atoms with Crippen LogP contribution in [0.1, 0.15) is 43.9 Å². The summed E-state index contributed by atoms with van der Waals surface area (Å²) in [6, 6.07) is 2.98. The Bertz CT molecular complexity index is 779. The molecule has 1 saturated carbocycles. The van der Waals surface area contributed by atoms with Crippen molar-refractivity contribution < 1.29 is 24.2 Å². The maximum Gasteiger partial charge on any atom is 0.407 e. The molecule has 0 spiro atoms. The van der Waals surface area contributed by atoms with Gasteiger partial charge in [-0.3, -0.25) is 4.79 Å². The van der Waals surface area contributed by atoms with E-state index >= 15 is 0 Å². The van der Waals surface area contributed by atoms with Gasteiger partial charge < -0.3 is 25.8 Å². The first-order chi connectivity index (χ1) is 14.5. The minimum atomic E-state index is -1.22. The number of anilines is 1. The number of pyridine rings is 1. The van der Waals surface area contributed by atoms with Crippen molar-refractivity contribution in [3.63, 3.8) is 0 Å². The second kappa shape index (κ2) is 10.3. The van der Waals surface area contributed by atoms with Crippen LogP contribution in [0.15, 0.2) is 12.1 Å². The van der Waals surface area contributed by atoms with Crippen molar-refractivity contribution in [3.05, 3.63) is 23.4 Å². The van der Waals surface area contributed by atoms with Crippen LogP contribution in [0.5, 0.6) is 0 Å². The Morgan fingerprint density at radius 1 is 1.33 bits per heavy atom. The van der Waals surface area contributed by atoms with Gasteiger partial charge in [0.1, 0.15) is 11.9 Å². The fourth-order valence-corrected chi connectivity index (χ4v) is 3.82. The quantitative estimate of drug-likeness (QED) is 0.480. The van der Waals surface area contributed by atoms with Crippen LogP contribution in [0, 0.1) is 11.8 Å². The smallest absolute Gasteiger partial charge is 0.407 e. The number of ether oxygens (including phenoxy) is 1. The summed E-state index contributed by atoms with van der Waals surface area (Å²) < 4.78 is 4.83. The molecule has 1 aromatic rings. The number of nitrogens with zero attached hydrogens (tertiary/aromatic N) is 1. The molecule has 2 heterocycles. The number of aryl methyl sites for hydroxylation is 1. The number of carbonyl (C=O) groups excluding carboxylic acids is 2. The molecular formula is C21H30N4O5. The predicted molar refractivity (Wildman–Crippen MR) is 110 cm³/mol. The lowest BCUT2D eigenvalue weighted by Crippen LogP contribution is -2.50. The molecule has 164 valence electrons. The number of carboxylic acids is 1. The lowest BCUT2D eigenvalue weighted by Gasteiger charge is -2.34. The SMILES string of the molecule is CCCOC(=O)N[C@@H](CNC(=O)[C@H]1C[C@H](Cc2ccc3c(n2)NCCC3)C1)C(=O)O. The Hall–Kier alpha value is -2.84. The highest BCUT2D eigenvalue weighted by Crippen LogP contribution is 2.36. The normalized spacial score (nSPS) is 20.7. The summed E-state index contributed by atoms with van der Waals surface area (Å²) in [6.45, 7) is 2.84. The van der Waals surface area contributed by atoms with Crippen LogP contribution >= 0.6 is 0 Å². The molecule has 1 fully saturated rings. The highest BCUT2D eigenvalue weighted by molar-refractivity contribution is 5.83. The second-order valence-corrected chi connectivity index (χ2v) is 8.00. The molecule has 2 aliphatic rings. The average Bonchev–Trinajstić information content (AvgIpc) is 2.71. The second-order valence-electron chi connectivity index (χ2n) is 8.00. The van der Waals surface area contributed by atoms with Gasteiger partial charge in [0.05, 0.1) is 6.61 Å². The lowest BCUT2D eigenvalue weighted by atomic mass is 9.72. The number of nitrogens with one attached hydrogen (secondary N) is 3. The molecule has 2 amide bonds. The van der Waals surface area contributed by atoms with Gasteiger partial charge in [-0.1, -0.05) is 13.0 Å². The number of amides is 2. The van der Waals surface area contributed by atoms with E-state index in [4.69, 9.17) is 9.72 Å². The van der Waals surface area contributed by atoms with Crippen molar-refractivity contribution in [3.8, 4) is 0 Å². The molecule has 0 bridgehead atoms. The van der Waals surface area contributed by atoms with Gasteiger partial charge in [0.25, 0.3) is 0 Å². The summed E-state index contributed by atoms with van der Waals surface area (Å²) in [6.07, 6.45) is 4.37. The van der Waals surface area contributed by atoms with Crippen LogP contribution in [0.2, 0.25) is 0 Å². The van der Waals surface area contributed by atoms with Crippen LogP contribution in [0.3, 0.4) is 0 Å². The monoisotopic (exact) mass is 418 g/mol. The number of aromatic nitrogens is 1. The number of carboxylic acid groups (broad SMARTS) is 1. The van der Waals surface area contributed by atoms with Gasteiger partial charge in [-0.25, -0.2) is 14.6 Å². The first kappa shape index (κ1) is 21.9. The molecule has 3 rings (SSSR count). The molecule has 0 saturated heterocycles. The summed E-state index contributed by atoms with van der Waals surface area (Å²) in [5.74, 6) is -0.153. The molecule has 30 heavy (non-hydrogen) atoms. The van der Waals surface area contributed by atoms with E-state index in [0.717, 1.165) is 50.2 Å². The number of alkyl carbamates (subject to hydrolysis) is 1. The Kier molecular flexibility index (Phi) is 7.48. The molecule has 1 aromatic heterocycles. The van der Waals surface area contributed by atoms with Gasteiger partial charge >= 0.3 is 12.1 Å². The topological polar surface area (TPSA) is 130 Å². The third-order valence-corrected chi connectivity index (χ3v) is 5.56. The van der Waals surface area contributed by atoms with Crippen LogP contribution in [0.25, 0.3) is 0 Å². The zero-order valence-electron chi connectivity index (χ0n) is 17.3. The molecule has 0 unspecified atom stereocenters. The summed E-state index contributed by atoms with van der Waals surface area (Å²) >= 11 is 0. The van der Waals surface area contributed by atoms with E-state index in [1.54, 1.807) is 0 Å². The van der Waals surface area contributed by atoms with E-state index in [1.807, 2.05) is 6.92 Å². The zero-order valence-corrected chi connectivity index (χ0v) is 17.3. The highest BCUT2D eigenvalue weighted by Gasteiger charge is 2.35. The number of rotatable bonds is 9. The van der Waals surface area contributed by atoms with Crippen molar-refractivity contribution in [1.82, 2.24) is 15.6 Å². The molecule has 0 radical (unpaired) electrons. The van der Waals surface area contributed by atoms with E-state index in [1.165, 1.54) is 5.56 Å². The number of aliphatic carboxylic acids is 1. The summed E-state index contributed by atoms with van der Waals surface area (Å²) in [5, 5.41) is 17.5.